The highest BCUT2D eigenvalue weighted by Gasteiger charge is 2.19. The zero-order valence-corrected chi connectivity index (χ0v) is 18.6. The molecule has 2 heterocycles. The number of fused-ring (bicyclic) bond motifs is 1. The summed E-state index contributed by atoms with van der Waals surface area (Å²) in [4.78, 5) is 43.5. The van der Waals surface area contributed by atoms with E-state index in [1.807, 2.05) is 50.2 Å². The smallest absolute Gasteiger partial charge is 0.335 e. The number of aromatic amines is 1. The number of benzene rings is 2. The van der Waals surface area contributed by atoms with E-state index in [0.29, 0.717) is 24.4 Å². The number of nitrogens with one attached hydrogen (secondary N) is 2. The van der Waals surface area contributed by atoms with Gasteiger partial charge in [0.05, 0.1) is 16.7 Å². The minimum absolute atomic E-state index is 0.0711. The van der Waals surface area contributed by atoms with Crippen LogP contribution in [-0.2, 0) is 4.79 Å². The maximum Gasteiger partial charge on any atom is 0.335 e. The number of aromatic hydroxyl groups is 1. The lowest BCUT2D eigenvalue weighted by Gasteiger charge is -2.13. The molecule has 1 aliphatic rings. The Labute approximate surface area is 189 Å². The number of rotatable bonds is 5. The number of hydrogen-bond acceptors (Lipinski definition) is 5. The summed E-state index contributed by atoms with van der Waals surface area (Å²) in [7, 11) is 0. The monoisotopic (exact) mass is 444 g/mol. The van der Waals surface area contributed by atoms with Crippen molar-refractivity contribution in [2.45, 2.75) is 27.2 Å². The van der Waals surface area contributed by atoms with E-state index >= 15 is 0 Å². The zero-order valence-electron chi connectivity index (χ0n) is 18.6. The molecule has 2 aromatic carbocycles. The van der Waals surface area contributed by atoms with E-state index in [2.05, 4.69) is 15.3 Å². The number of allylic oxidation sites excluding steroid dienone is 1. The lowest BCUT2D eigenvalue weighted by molar-refractivity contribution is -0.118. The van der Waals surface area contributed by atoms with Gasteiger partial charge in [-0.15, -0.1) is 0 Å². The molecule has 0 saturated heterocycles. The minimum atomic E-state index is -0.729. The summed E-state index contributed by atoms with van der Waals surface area (Å²) in [5, 5.41) is 15.4. The second-order valence-electron chi connectivity index (χ2n) is 7.99. The van der Waals surface area contributed by atoms with Gasteiger partial charge in [0.25, 0.3) is 5.56 Å². The Morgan fingerprint density at radius 3 is 2.67 bits per heavy atom. The van der Waals surface area contributed by atoms with Gasteiger partial charge in [-0.2, -0.15) is 0 Å². The predicted octanol–water partition coefficient (Wildman–Crippen LogP) is 1.20. The van der Waals surface area contributed by atoms with Crippen LogP contribution in [0.1, 0.15) is 30.0 Å². The molecule has 0 saturated carbocycles. The number of aryl methyl sites for hydroxylation is 2. The molecule has 8 nitrogen and oxygen atoms in total. The fourth-order valence-corrected chi connectivity index (χ4v) is 3.99. The van der Waals surface area contributed by atoms with E-state index in [0.717, 1.165) is 31.8 Å². The van der Waals surface area contributed by atoms with Crippen molar-refractivity contribution in [1.29, 1.82) is 0 Å². The first-order valence-corrected chi connectivity index (χ1v) is 10.6. The predicted molar refractivity (Wildman–Crippen MR) is 126 cm³/mol. The highest BCUT2D eigenvalue weighted by molar-refractivity contribution is 5.77. The maximum atomic E-state index is 12.7. The van der Waals surface area contributed by atoms with Gasteiger partial charge in [-0.25, -0.2) is 14.4 Å². The molecular weight excluding hydrogens is 420 g/mol. The molecule has 4 rings (SSSR count). The molecule has 0 atom stereocenters. The molecular formula is C25H24N4O4. The van der Waals surface area contributed by atoms with E-state index in [1.54, 1.807) is 6.07 Å². The van der Waals surface area contributed by atoms with E-state index in [1.165, 1.54) is 13.0 Å². The molecule has 3 N–H and O–H groups in total. The van der Waals surface area contributed by atoms with Gasteiger partial charge in [-0.1, -0.05) is 35.9 Å². The first-order valence-electron chi connectivity index (χ1n) is 10.6. The van der Waals surface area contributed by atoms with Crippen LogP contribution in [0.25, 0.3) is 17.3 Å². The van der Waals surface area contributed by atoms with Crippen LogP contribution in [0.5, 0.6) is 5.88 Å². The second-order valence-corrected chi connectivity index (χ2v) is 7.99. The summed E-state index contributed by atoms with van der Waals surface area (Å²) < 4.78 is 1.08. The number of para-hydroxylation sites is 1. The quantitative estimate of drug-likeness (QED) is 0.548. The van der Waals surface area contributed by atoms with Gasteiger partial charge in [-0.3, -0.25) is 14.6 Å². The Hall–Kier alpha value is -4.20. The van der Waals surface area contributed by atoms with E-state index in [9.17, 15) is 19.5 Å². The average Bonchev–Trinajstić information content (AvgIpc) is 3.09. The molecule has 0 spiro atoms. The van der Waals surface area contributed by atoms with Gasteiger partial charge in [0, 0.05) is 18.7 Å². The van der Waals surface area contributed by atoms with Crippen molar-refractivity contribution in [3.05, 3.63) is 96.3 Å². The van der Waals surface area contributed by atoms with E-state index in [-0.39, 0.29) is 11.5 Å². The van der Waals surface area contributed by atoms with Crippen molar-refractivity contribution in [1.82, 2.24) is 14.9 Å². The fourth-order valence-electron chi connectivity index (χ4n) is 3.99. The van der Waals surface area contributed by atoms with Gasteiger partial charge >= 0.3 is 5.69 Å². The van der Waals surface area contributed by atoms with Crippen LogP contribution in [0.2, 0.25) is 0 Å². The fraction of sp³-hybridized carbons (Fsp3) is 0.200. The second kappa shape index (κ2) is 8.74. The van der Waals surface area contributed by atoms with Gasteiger partial charge in [-0.05, 0) is 49.6 Å². The number of hydrogen-bond donors (Lipinski definition) is 3. The number of H-pyrrole nitrogens is 1. The first kappa shape index (κ1) is 22.0. The molecule has 0 aliphatic carbocycles. The number of amides is 1. The maximum absolute atomic E-state index is 12.7. The molecule has 1 aromatic heterocycles. The number of nitrogens with zero attached hydrogens (tertiary/aromatic N) is 2. The zero-order chi connectivity index (χ0) is 23.7. The third-order valence-corrected chi connectivity index (χ3v) is 5.52. The van der Waals surface area contributed by atoms with Crippen LogP contribution in [0.15, 0.2) is 62.7 Å². The normalized spacial score (nSPS) is 13.7. The van der Waals surface area contributed by atoms with Gasteiger partial charge in [0.1, 0.15) is 5.56 Å². The molecule has 0 radical (unpaired) electrons. The molecule has 1 amide bonds. The third-order valence-electron chi connectivity index (χ3n) is 5.52. The van der Waals surface area contributed by atoms with Gasteiger partial charge < -0.3 is 10.4 Å². The minimum Gasteiger partial charge on any atom is -0.494 e. The van der Waals surface area contributed by atoms with Crippen molar-refractivity contribution >= 4 is 17.6 Å². The third kappa shape index (κ3) is 4.27. The molecule has 8 heteroatoms. The van der Waals surface area contributed by atoms with Crippen molar-refractivity contribution in [3.8, 4) is 11.6 Å². The SMILES string of the molecule is CC(=O)NCCC1=c2ccccc2=N/C1=C\c1c(O)n(-c2ccc(C)cc2C)c(=O)[nH]c1=O. The van der Waals surface area contributed by atoms with Crippen molar-refractivity contribution in [2.75, 3.05) is 6.54 Å². The van der Waals surface area contributed by atoms with Crippen LogP contribution in [0, 0.1) is 13.8 Å². The standard InChI is InChI=1S/C25H24N4O4/c1-14-8-9-22(15(2)12-14)29-24(32)19(23(31)28-25(29)33)13-21-18(10-11-26-16(3)30)17-6-4-5-7-20(17)27-21/h4-9,12-13,32H,10-11H2,1-3H3,(H,26,30)(H,28,31,33)/b21-13-. The summed E-state index contributed by atoms with van der Waals surface area (Å²) in [6.45, 7) is 5.60. The molecule has 0 unspecified atom stereocenters. The van der Waals surface area contributed by atoms with Gasteiger partial charge in [0.15, 0.2) is 0 Å². The topological polar surface area (TPSA) is 117 Å². The van der Waals surface area contributed by atoms with Crippen LogP contribution in [0.3, 0.4) is 0 Å². The molecule has 168 valence electrons. The molecule has 0 fully saturated rings. The van der Waals surface area contributed by atoms with Gasteiger partial charge in [0.2, 0.25) is 11.8 Å². The van der Waals surface area contributed by atoms with E-state index < -0.39 is 17.1 Å². The first-order chi connectivity index (χ1) is 15.8. The number of carbonyl (C=O) groups excluding carboxylic acids is 1. The van der Waals surface area contributed by atoms with Crippen molar-refractivity contribution in [2.24, 2.45) is 4.99 Å². The van der Waals surface area contributed by atoms with Crippen molar-refractivity contribution < 1.29 is 9.90 Å². The average molecular weight is 444 g/mol. The van der Waals surface area contributed by atoms with Crippen LogP contribution in [-0.4, -0.2) is 27.1 Å². The summed E-state index contributed by atoms with van der Waals surface area (Å²) in [5.74, 6) is -0.602. The van der Waals surface area contributed by atoms with Crippen LogP contribution < -0.4 is 27.1 Å². The summed E-state index contributed by atoms with van der Waals surface area (Å²) >= 11 is 0. The number of aromatic nitrogens is 2. The van der Waals surface area contributed by atoms with Crippen LogP contribution in [0.4, 0.5) is 0 Å². The molecule has 0 bridgehead atoms. The Kier molecular flexibility index (Phi) is 5.83. The Morgan fingerprint density at radius 1 is 1.18 bits per heavy atom. The van der Waals surface area contributed by atoms with E-state index in [4.69, 9.17) is 0 Å². The highest BCUT2D eigenvalue weighted by Crippen LogP contribution is 2.25. The molecule has 1 aliphatic heterocycles. The lowest BCUT2D eigenvalue weighted by Crippen LogP contribution is -2.30. The Morgan fingerprint density at radius 2 is 1.94 bits per heavy atom. The highest BCUT2D eigenvalue weighted by atomic mass is 16.3. The summed E-state index contributed by atoms with van der Waals surface area (Å²) in [6.07, 6.45) is 1.97. The molecule has 3 aromatic rings. The number of carbonyl (C=O) groups is 1. The summed E-state index contributed by atoms with van der Waals surface area (Å²) in [5.41, 5.74) is 2.08. The summed E-state index contributed by atoms with van der Waals surface area (Å²) in [6, 6.07) is 13.0. The van der Waals surface area contributed by atoms with Crippen LogP contribution >= 0.6 is 0 Å². The van der Waals surface area contributed by atoms with Crippen molar-refractivity contribution in [3.63, 3.8) is 0 Å². The lowest BCUT2D eigenvalue weighted by atomic mass is 10.1. The Balaban J connectivity index is 1.88. The Bertz CT molecular complexity index is 1540. The largest absolute Gasteiger partial charge is 0.494 e. The molecule has 33 heavy (non-hydrogen) atoms.